The van der Waals surface area contributed by atoms with Crippen LogP contribution in [0.25, 0.3) is 0 Å². The third-order valence-electron chi connectivity index (χ3n) is 3.75. The number of methoxy groups -OCH3 is 1. The van der Waals surface area contributed by atoms with Gasteiger partial charge in [0.05, 0.1) is 20.3 Å². The first-order chi connectivity index (χ1) is 10.9. The number of para-hydroxylation sites is 2. The van der Waals surface area contributed by atoms with Gasteiger partial charge in [-0.05, 0) is 17.7 Å². The van der Waals surface area contributed by atoms with Crippen molar-refractivity contribution in [2.75, 3.05) is 26.9 Å². The number of hydrogen-bond acceptors (Lipinski definition) is 4. The molecule has 1 aliphatic rings. The SMILES string of the molecule is COc1ccccc1OC1COCCN1Cc1ccccc1. The molecule has 0 bridgehead atoms. The highest BCUT2D eigenvalue weighted by Crippen LogP contribution is 2.28. The van der Waals surface area contributed by atoms with E-state index >= 15 is 0 Å². The summed E-state index contributed by atoms with van der Waals surface area (Å²) < 4.78 is 17.1. The van der Waals surface area contributed by atoms with E-state index in [1.54, 1.807) is 7.11 Å². The average molecular weight is 299 g/mol. The van der Waals surface area contributed by atoms with E-state index in [1.807, 2.05) is 30.3 Å². The van der Waals surface area contributed by atoms with Crippen LogP contribution < -0.4 is 9.47 Å². The fourth-order valence-corrected chi connectivity index (χ4v) is 2.59. The van der Waals surface area contributed by atoms with Gasteiger partial charge in [0.25, 0.3) is 0 Å². The second kappa shape index (κ2) is 7.29. The molecule has 4 heteroatoms. The van der Waals surface area contributed by atoms with Crippen LogP contribution in [0.5, 0.6) is 11.5 Å². The van der Waals surface area contributed by atoms with E-state index in [0.717, 1.165) is 31.2 Å². The summed E-state index contributed by atoms with van der Waals surface area (Å²) in [7, 11) is 1.65. The van der Waals surface area contributed by atoms with Crippen molar-refractivity contribution >= 4 is 0 Å². The van der Waals surface area contributed by atoms with Crippen molar-refractivity contribution < 1.29 is 14.2 Å². The Morgan fingerprint density at radius 3 is 2.55 bits per heavy atom. The van der Waals surface area contributed by atoms with Gasteiger partial charge in [-0.3, -0.25) is 4.90 Å². The van der Waals surface area contributed by atoms with E-state index in [-0.39, 0.29) is 6.23 Å². The van der Waals surface area contributed by atoms with Crippen LogP contribution in [0.1, 0.15) is 5.56 Å². The summed E-state index contributed by atoms with van der Waals surface area (Å²) in [5, 5.41) is 0. The molecular weight excluding hydrogens is 278 g/mol. The molecule has 4 nitrogen and oxygen atoms in total. The van der Waals surface area contributed by atoms with Crippen LogP contribution >= 0.6 is 0 Å². The van der Waals surface area contributed by atoms with Crippen LogP contribution in [0, 0.1) is 0 Å². The van der Waals surface area contributed by atoms with Gasteiger partial charge in [0.1, 0.15) is 0 Å². The van der Waals surface area contributed by atoms with Crippen LogP contribution in [-0.2, 0) is 11.3 Å². The number of rotatable bonds is 5. The highest BCUT2D eigenvalue weighted by Gasteiger charge is 2.25. The second-order valence-electron chi connectivity index (χ2n) is 5.25. The van der Waals surface area contributed by atoms with E-state index in [0.29, 0.717) is 6.61 Å². The monoisotopic (exact) mass is 299 g/mol. The number of morpholine rings is 1. The fraction of sp³-hybridized carbons (Fsp3) is 0.333. The zero-order valence-corrected chi connectivity index (χ0v) is 12.8. The Hall–Kier alpha value is -2.04. The molecule has 2 aromatic carbocycles. The van der Waals surface area contributed by atoms with Crippen molar-refractivity contribution in [2.45, 2.75) is 12.8 Å². The van der Waals surface area contributed by atoms with E-state index < -0.39 is 0 Å². The maximum Gasteiger partial charge on any atom is 0.176 e. The zero-order chi connectivity index (χ0) is 15.2. The first-order valence-corrected chi connectivity index (χ1v) is 7.52. The number of benzene rings is 2. The van der Waals surface area contributed by atoms with E-state index in [2.05, 4.69) is 29.2 Å². The summed E-state index contributed by atoms with van der Waals surface area (Å²) in [4.78, 5) is 2.30. The highest BCUT2D eigenvalue weighted by atomic mass is 16.6. The second-order valence-corrected chi connectivity index (χ2v) is 5.25. The summed E-state index contributed by atoms with van der Waals surface area (Å²) in [6.45, 7) is 3.00. The lowest BCUT2D eigenvalue weighted by molar-refractivity contribution is -0.0957. The van der Waals surface area contributed by atoms with Crippen molar-refractivity contribution in [1.82, 2.24) is 4.90 Å². The highest BCUT2D eigenvalue weighted by molar-refractivity contribution is 5.39. The zero-order valence-electron chi connectivity index (χ0n) is 12.8. The normalized spacial score (nSPS) is 18.9. The molecule has 0 aromatic heterocycles. The molecule has 1 unspecified atom stereocenters. The van der Waals surface area contributed by atoms with Gasteiger partial charge in [-0.15, -0.1) is 0 Å². The Balaban J connectivity index is 1.72. The van der Waals surface area contributed by atoms with Gasteiger partial charge in [-0.25, -0.2) is 0 Å². The predicted molar refractivity (Wildman–Crippen MR) is 85.1 cm³/mol. The third kappa shape index (κ3) is 3.59. The van der Waals surface area contributed by atoms with E-state index in [9.17, 15) is 0 Å². The van der Waals surface area contributed by atoms with Crippen LogP contribution in [0.15, 0.2) is 54.6 Å². The molecule has 0 spiro atoms. The van der Waals surface area contributed by atoms with Crippen molar-refractivity contribution in [3.8, 4) is 11.5 Å². The Morgan fingerprint density at radius 2 is 1.77 bits per heavy atom. The molecule has 22 heavy (non-hydrogen) atoms. The van der Waals surface area contributed by atoms with Gasteiger partial charge in [0, 0.05) is 13.1 Å². The minimum atomic E-state index is -0.106. The molecule has 2 aromatic rings. The van der Waals surface area contributed by atoms with Gasteiger partial charge < -0.3 is 14.2 Å². The van der Waals surface area contributed by atoms with Crippen LogP contribution in [-0.4, -0.2) is 38.0 Å². The summed E-state index contributed by atoms with van der Waals surface area (Å²) in [5.41, 5.74) is 1.28. The molecular formula is C18H21NO3. The lowest BCUT2D eigenvalue weighted by atomic mass is 10.2. The molecule has 0 N–H and O–H groups in total. The van der Waals surface area contributed by atoms with Gasteiger partial charge >= 0.3 is 0 Å². The Kier molecular flexibility index (Phi) is 4.93. The Bertz CT molecular complexity index is 588. The average Bonchev–Trinajstić information content (AvgIpc) is 2.58. The van der Waals surface area contributed by atoms with Crippen LogP contribution in [0.4, 0.5) is 0 Å². The molecule has 1 atom stereocenters. The van der Waals surface area contributed by atoms with Gasteiger partial charge in [-0.1, -0.05) is 42.5 Å². The topological polar surface area (TPSA) is 30.9 Å². The first kappa shape index (κ1) is 14.9. The first-order valence-electron chi connectivity index (χ1n) is 7.52. The fourth-order valence-electron chi connectivity index (χ4n) is 2.59. The summed E-state index contributed by atoms with van der Waals surface area (Å²) in [6, 6.07) is 18.1. The van der Waals surface area contributed by atoms with E-state index in [1.165, 1.54) is 5.56 Å². The summed E-state index contributed by atoms with van der Waals surface area (Å²) >= 11 is 0. The maximum atomic E-state index is 6.14. The minimum Gasteiger partial charge on any atom is -0.493 e. The summed E-state index contributed by atoms with van der Waals surface area (Å²) in [5.74, 6) is 1.49. The van der Waals surface area contributed by atoms with Gasteiger partial charge in [-0.2, -0.15) is 0 Å². The third-order valence-corrected chi connectivity index (χ3v) is 3.75. The molecule has 3 rings (SSSR count). The van der Waals surface area contributed by atoms with Crippen LogP contribution in [0.2, 0.25) is 0 Å². The molecule has 1 saturated heterocycles. The standard InChI is InChI=1S/C18H21NO3/c1-20-16-9-5-6-10-17(16)22-18-14-21-12-11-19(18)13-15-7-3-2-4-8-15/h2-10,18H,11-14H2,1H3. The quantitative estimate of drug-likeness (QED) is 0.849. The van der Waals surface area contributed by atoms with Crippen molar-refractivity contribution in [3.05, 3.63) is 60.2 Å². The molecule has 0 amide bonds. The molecule has 1 fully saturated rings. The minimum absolute atomic E-state index is 0.106. The summed E-state index contributed by atoms with van der Waals surface area (Å²) in [6.07, 6.45) is -0.106. The largest absolute Gasteiger partial charge is 0.493 e. The number of nitrogens with zero attached hydrogens (tertiary/aromatic N) is 1. The Labute approximate surface area is 131 Å². The molecule has 1 heterocycles. The lowest BCUT2D eigenvalue weighted by Crippen LogP contribution is -2.48. The van der Waals surface area contributed by atoms with Gasteiger partial charge in [0.2, 0.25) is 0 Å². The van der Waals surface area contributed by atoms with Crippen molar-refractivity contribution in [2.24, 2.45) is 0 Å². The maximum absolute atomic E-state index is 6.14. The number of hydrogen-bond donors (Lipinski definition) is 0. The van der Waals surface area contributed by atoms with Crippen molar-refractivity contribution in [1.29, 1.82) is 0 Å². The van der Waals surface area contributed by atoms with Crippen LogP contribution in [0.3, 0.4) is 0 Å². The Morgan fingerprint density at radius 1 is 1.05 bits per heavy atom. The molecule has 0 saturated carbocycles. The van der Waals surface area contributed by atoms with Gasteiger partial charge in [0.15, 0.2) is 17.7 Å². The lowest BCUT2D eigenvalue weighted by Gasteiger charge is -2.35. The molecule has 1 aliphatic heterocycles. The smallest absolute Gasteiger partial charge is 0.176 e. The van der Waals surface area contributed by atoms with E-state index in [4.69, 9.17) is 14.2 Å². The molecule has 0 radical (unpaired) electrons. The predicted octanol–water partition coefficient (Wildman–Crippen LogP) is 2.93. The molecule has 0 aliphatic carbocycles. The molecule has 116 valence electrons. The number of ether oxygens (including phenoxy) is 3. The van der Waals surface area contributed by atoms with Crippen molar-refractivity contribution in [3.63, 3.8) is 0 Å².